The summed E-state index contributed by atoms with van der Waals surface area (Å²) in [6, 6.07) is 17.8. The van der Waals surface area contributed by atoms with Crippen molar-refractivity contribution < 1.29 is 14.6 Å². The Hall–Kier alpha value is -3.52. The molecule has 0 atom stereocenters. The van der Waals surface area contributed by atoms with Gasteiger partial charge in [0.1, 0.15) is 12.1 Å². The number of nitrogens with zero attached hydrogens (tertiary/aromatic N) is 3. The van der Waals surface area contributed by atoms with Gasteiger partial charge in [-0.05, 0) is 36.5 Å². The van der Waals surface area contributed by atoms with Crippen LogP contribution in [0.3, 0.4) is 0 Å². The van der Waals surface area contributed by atoms with E-state index in [-0.39, 0.29) is 22.8 Å². The summed E-state index contributed by atoms with van der Waals surface area (Å²) in [6.07, 6.45) is 1.15. The van der Waals surface area contributed by atoms with Crippen molar-refractivity contribution in [3.8, 4) is 17.3 Å². The second-order valence-electron chi connectivity index (χ2n) is 5.71. The molecule has 0 aliphatic rings. The Morgan fingerprint density at radius 2 is 1.61 bits per heavy atom. The Bertz CT molecular complexity index is 1140. The first-order chi connectivity index (χ1) is 13.5. The highest BCUT2D eigenvalue weighted by molar-refractivity contribution is 7.71. The highest BCUT2D eigenvalue weighted by Gasteiger charge is 2.17. The first-order valence-electron chi connectivity index (χ1n) is 8.33. The zero-order chi connectivity index (χ0) is 20.1. The maximum Gasteiger partial charge on any atom is 0.327 e. The van der Waals surface area contributed by atoms with Gasteiger partial charge < -0.3 is 9.84 Å². The van der Waals surface area contributed by atoms with Gasteiger partial charge in [-0.2, -0.15) is 0 Å². The summed E-state index contributed by atoms with van der Waals surface area (Å²) in [5, 5.41) is 10.8. The number of aliphatic imine (C=N–C) groups is 1. The van der Waals surface area contributed by atoms with Crippen LogP contribution in [0.15, 0.2) is 70.5 Å². The Labute approximate surface area is 165 Å². The van der Waals surface area contributed by atoms with Crippen molar-refractivity contribution in [1.29, 1.82) is 0 Å². The molecule has 0 aliphatic carbocycles. The van der Waals surface area contributed by atoms with Crippen molar-refractivity contribution in [2.45, 2.75) is 0 Å². The summed E-state index contributed by atoms with van der Waals surface area (Å²) >= 11 is 5.51. The zero-order valence-corrected chi connectivity index (χ0v) is 15.8. The minimum atomic E-state index is -0.560. The van der Waals surface area contributed by atoms with E-state index in [2.05, 4.69) is 9.73 Å². The number of methoxy groups -OCH3 is 1. The highest BCUT2D eigenvalue weighted by Crippen LogP contribution is 2.21. The fourth-order valence-electron chi connectivity index (χ4n) is 2.62. The number of aromatic hydroxyl groups is 1. The minimum Gasteiger partial charge on any atom is -0.494 e. The third-order valence-electron chi connectivity index (χ3n) is 3.97. The van der Waals surface area contributed by atoms with Crippen molar-refractivity contribution in [2.24, 2.45) is 4.99 Å². The molecule has 1 N–H and O–H groups in total. The number of benzene rings is 2. The van der Waals surface area contributed by atoms with Crippen LogP contribution in [0.4, 0.5) is 0 Å². The van der Waals surface area contributed by atoms with Gasteiger partial charge in [-0.3, -0.25) is 23.7 Å². The predicted octanol–water partition coefficient (Wildman–Crippen LogP) is 2.66. The molecule has 0 unspecified atom stereocenters. The van der Waals surface area contributed by atoms with Crippen LogP contribution in [0, 0.1) is 4.77 Å². The number of rotatable bonds is 5. The molecule has 0 fully saturated rings. The summed E-state index contributed by atoms with van der Waals surface area (Å²) in [4.78, 5) is 28.3. The molecule has 0 amide bonds. The van der Waals surface area contributed by atoms with Gasteiger partial charge in [0, 0.05) is 6.21 Å². The van der Waals surface area contributed by atoms with E-state index >= 15 is 0 Å². The fourth-order valence-corrected chi connectivity index (χ4v) is 3.00. The lowest BCUT2D eigenvalue weighted by Crippen LogP contribution is -2.27. The Morgan fingerprint density at radius 1 is 1.07 bits per heavy atom. The summed E-state index contributed by atoms with van der Waals surface area (Å²) in [7, 11) is 1.24. The number of hydrogen-bond donors (Lipinski definition) is 1. The molecule has 1 heterocycles. The molecule has 28 heavy (non-hydrogen) atoms. The second kappa shape index (κ2) is 8.45. The molecule has 0 radical (unpaired) electrons. The molecule has 0 saturated carbocycles. The first kappa shape index (κ1) is 19.2. The van der Waals surface area contributed by atoms with Crippen molar-refractivity contribution in [3.05, 3.63) is 81.4 Å². The molecule has 1 aromatic heterocycles. The summed E-state index contributed by atoms with van der Waals surface area (Å²) in [5.41, 5.74) is 0.488. The smallest absolute Gasteiger partial charge is 0.327 e. The van der Waals surface area contributed by atoms with E-state index < -0.39 is 11.5 Å². The van der Waals surface area contributed by atoms with E-state index in [1.54, 1.807) is 48.5 Å². The highest BCUT2D eigenvalue weighted by atomic mass is 32.1. The Balaban J connectivity index is 2.29. The molecule has 3 aromatic rings. The standard InChI is InChI=1S/C20H17N3O4S/c1-27-17(24)13-21-12-16-18(25)22(14-8-4-2-5-9-14)20(28)23(19(16)26)15-10-6-3-7-11-15/h2-12,25H,13H2,1H3. The van der Waals surface area contributed by atoms with Crippen LogP contribution in [0.1, 0.15) is 5.56 Å². The normalized spacial score (nSPS) is 10.9. The lowest BCUT2D eigenvalue weighted by molar-refractivity contribution is -0.138. The molecule has 0 aliphatic heterocycles. The number of aromatic nitrogens is 2. The average molecular weight is 395 g/mol. The number of hydrogen-bond acceptors (Lipinski definition) is 6. The van der Waals surface area contributed by atoms with Crippen molar-refractivity contribution >= 4 is 24.4 Å². The number of carbonyl (C=O) groups excluding carboxylic acids is 1. The molecule has 3 rings (SSSR count). The van der Waals surface area contributed by atoms with Gasteiger partial charge in [-0.25, -0.2) is 0 Å². The fraction of sp³-hybridized carbons (Fsp3) is 0.100. The van der Waals surface area contributed by atoms with Crippen LogP contribution >= 0.6 is 12.2 Å². The SMILES string of the molecule is COC(=O)CN=Cc1c(O)n(-c2ccccc2)c(=S)n(-c2ccccc2)c1=O. The largest absolute Gasteiger partial charge is 0.494 e. The Kier molecular flexibility index (Phi) is 5.81. The molecule has 0 saturated heterocycles. The van der Waals surface area contributed by atoms with E-state index in [1.807, 2.05) is 12.1 Å². The van der Waals surface area contributed by atoms with Crippen LogP contribution in [-0.4, -0.2) is 40.1 Å². The number of para-hydroxylation sites is 2. The van der Waals surface area contributed by atoms with E-state index in [9.17, 15) is 14.7 Å². The minimum absolute atomic E-state index is 0.0924. The van der Waals surface area contributed by atoms with Gasteiger partial charge in [-0.15, -0.1) is 0 Å². The van der Waals surface area contributed by atoms with Gasteiger partial charge in [0.2, 0.25) is 5.88 Å². The third kappa shape index (κ3) is 3.77. The monoisotopic (exact) mass is 395 g/mol. The number of carbonyl (C=O) groups is 1. The molecule has 2 aromatic carbocycles. The Morgan fingerprint density at radius 3 is 2.14 bits per heavy atom. The van der Waals surface area contributed by atoms with Crippen molar-refractivity contribution in [3.63, 3.8) is 0 Å². The molecule has 0 spiro atoms. The lowest BCUT2D eigenvalue weighted by atomic mass is 10.2. The zero-order valence-electron chi connectivity index (χ0n) is 15.0. The number of ether oxygens (including phenoxy) is 1. The molecular formula is C20H17N3O4S. The average Bonchev–Trinajstić information content (AvgIpc) is 2.72. The molecule has 8 heteroatoms. The van der Waals surface area contributed by atoms with Gasteiger partial charge in [0.05, 0.1) is 18.5 Å². The van der Waals surface area contributed by atoms with E-state index in [0.717, 1.165) is 6.21 Å². The topological polar surface area (TPSA) is 85.8 Å². The second-order valence-corrected chi connectivity index (χ2v) is 6.08. The van der Waals surface area contributed by atoms with Crippen LogP contribution in [0.5, 0.6) is 5.88 Å². The van der Waals surface area contributed by atoms with Crippen LogP contribution in [0.25, 0.3) is 11.4 Å². The van der Waals surface area contributed by atoms with Gasteiger partial charge in [0.25, 0.3) is 5.56 Å². The lowest BCUT2D eigenvalue weighted by Gasteiger charge is -2.16. The van der Waals surface area contributed by atoms with E-state index in [0.29, 0.717) is 11.4 Å². The van der Waals surface area contributed by atoms with Gasteiger partial charge in [0.15, 0.2) is 4.77 Å². The summed E-state index contributed by atoms with van der Waals surface area (Å²) < 4.78 is 7.32. The quantitative estimate of drug-likeness (QED) is 0.408. The van der Waals surface area contributed by atoms with Crippen molar-refractivity contribution in [2.75, 3.05) is 13.7 Å². The van der Waals surface area contributed by atoms with Crippen molar-refractivity contribution in [1.82, 2.24) is 9.13 Å². The predicted molar refractivity (Wildman–Crippen MR) is 108 cm³/mol. The molecule has 0 bridgehead atoms. The summed E-state index contributed by atoms with van der Waals surface area (Å²) in [6.45, 7) is -0.276. The molecule has 7 nitrogen and oxygen atoms in total. The van der Waals surface area contributed by atoms with E-state index in [4.69, 9.17) is 12.2 Å². The summed E-state index contributed by atoms with van der Waals surface area (Å²) in [5.74, 6) is -0.919. The number of esters is 1. The maximum atomic E-state index is 13.1. The van der Waals surface area contributed by atoms with E-state index in [1.165, 1.54) is 16.2 Å². The maximum absolute atomic E-state index is 13.1. The first-order valence-corrected chi connectivity index (χ1v) is 8.74. The van der Waals surface area contributed by atoms with Gasteiger partial charge >= 0.3 is 5.97 Å². The van der Waals surface area contributed by atoms with Gasteiger partial charge in [-0.1, -0.05) is 36.4 Å². The third-order valence-corrected chi connectivity index (χ3v) is 4.33. The van der Waals surface area contributed by atoms with Crippen LogP contribution < -0.4 is 5.56 Å². The molecular weight excluding hydrogens is 378 g/mol. The molecule has 142 valence electrons. The van der Waals surface area contributed by atoms with Crippen LogP contribution in [-0.2, 0) is 9.53 Å². The van der Waals surface area contributed by atoms with Crippen LogP contribution in [0.2, 0.25) is 0 Å².